The predicted octanol–water partition coefficient (Wildman–Crippen LogP) is 2.89. The molecule has 2 aliphatic rings. The molecule has 0 aromatic heterocycles. The number of rotatable bonds is 3. The van der Waals surface area contributed by atoms with Crippen molar-refractivity contribution in [3.63, 3.8) is 0 Å². The Hall–Kier alpha value is -0.0800. The minimum atomic E-state index is 0.393. The van der Waals surface area contributed by atoms with Crippen LogP contribution in [0.1, 0.15) is 53.4 Å². The largest absolute Gasteiger partial charge is 0.309 e. The molecule has 0 spiro atoms. The lowest BCUT2D eigenvalue weighted by Crippen LogP contribution is -2.62. The van der Waals surface area contributed by atoms with Crippen molar-refractivity contribution < 1.29 is 0 Å². The third kappa shape index (κ3) is 2.53. The summed E-state index contributed by atoms with van der Waals surface area (Å²) < 4.78 is 0. The second-order valence-corrected chi connectivity index (χ2v) is 6.37. The molecule has 0 amide bonds. The summed E-state index contributed by atoms with van der Waals surface area (Å²) in [4.78, 5) is 2.79. The highest BCUT2D eigenvalue weighted by Gasteiger charge is 2.39. The molecule has 2 heteroatoms. The van der Waals surface area contributed by atoms with Crippen molar-refractivity contribution in [3.8, 4) is 0 Å². The summed E-state index contributed by atoms with van der Waals surface area (Å²) in [5.41, 5.74) is 0.393. The molecule has 0 bridgehead atoms. The van der Waals surface area contributed by atoms with E-state index in [1.807, 2.05) is 0 Å². The summed E-state index contributed by atoms with van der Waals surface area (Å²) >= 11 is 0. The molecule has 1 saturated carbocycles. The highest BCUT2D eigenvalue weighted by Crippen LogP contribution is 2.36. The molecule has 0 aromatic carbocycles. The smallest absolute Gasteiger partial charge is 0.0304 e. The van der Waals surface area contributed by atoms with E-state index in [0.717, 1.165) is 17.9 Å². The summed E-state index contributed by atoms with van der Waals surface area (Å²) in [6, 6.07) is 0.851. The summed E-state index contributed by atoms with van der Waals surface area (Å²) in [5.74, 6) is 1.81. The predicted molar refractivity (Wildman–Crippen MR) is 74.2 cm³/mol. The van der Waals surface area contributed by atoms with Gasteiger partial charge in [-0.05, 0) is 37.5 Å². The Balaban J connectivity index is 2.02. The molecule has 1 saturated heterocycles. The van der Waals surface area contributed by atoms with Gasteiger partial charge >= 0.3 is 0 Å². The molecule has 0 aromatic rings. The highest BCUT2D eigenvalue weighted by molar-refractivity contribution is 4.97. The van der Waals surface area contributed by atoms with Gasteiger partial charge in [0, 0.05) is 31.2 Å². The van der Waals surface area contributed by atoms with Gasteiger partial charge in [-0.25, -0.2) is 0 Å². The van der Waals surface area contributed by atoms with E-state index in [9.17, 15) is 0 Å². The maximum Gasteiger partial charge on any atom is 0.0304 e. The van der Waals surface area contributed by atoms with Crippen LogP contribution < -0.4 is 5.32 Å². The topological polar surface area (TPSA) is 15.3 Å². The van der Waals surface area contributed by atoms with E-state index in [4.69, 9.17) is 0 Å². The van der Waals surface area contributed by atoms with Crippen LogP contribution >= 0.6 is 0 Å². The van der Waals surface area contributed by atoms with Gasteiger partial charge in [0.15, 0.2) is 0 Å². The van der Waals surface area contributed by atoms with E-state index in [1.54, 1.807) is 0 Å². The van der Waals surface area contributed by atoms with Crippen LogP contribution in [0.25, 0.3) is 0 Å². The fourth-order valence-corrected chi connectivity index (χ4v) is 3.85. The Bertz CT molecular complexity index is 247. The van der Waals surface area contributed by atoms with E-state index in [0.29, 0.717) is 5.54 Å². The van der Waals surface area contributed by atoms with Crippen LogP contribution in [0.4, 0.5) is 0 Å². The van der Waals surface area contributed by atoms with Crippen molar-refractivity contribution in [2.45, 2.75) is 65.0 Å². The monoisotopic (exact) mass is 238 g/mol. The van der Waals surface area contributed by atoms with E-state index >= 15 is 0 Å². The van der Waals surface area contributed by atoms with Gasteiger partial charge in [0.1, 0.15) is 0 Å². The third-order valence-corrected chi connectivity index (χ3v) is 5.65. The van der Waals surface area contributed by atoms with Gasteiger partial charge in [-0.1, -0.05) is 27.7 Å². The SMILES string of the molecule is CCC1(CC)CN(C2CCC(C)C2C)CCN1. The van der Waals surface area contributed by atoms with Crippen molar-refractivity contribution in [3.05, 3.63) is 0 Å². The first-order valence-electron chi connectivity index (χ1n) is 7.61. The van der Waals surface area contributed by atoms with Crippen LogP contribution in [0.5, 0.6) is 0 Å². The Morgan fingerprint density at radius 3 is 2.41 bits per heavy atom. The molecule has 2 fully saturated rings. The Kier molecular flexibility index (Phi) is 4.14. The van der Waals surface area contributed by atoms with Crippen LogP contribution in [0.2, 0.25) is 0 Å². The average molecular weight is 238 g/mol. The fraction of sp³-hybridized carbons (Fsp3) is 1.00. The minimum absolute atomic E-state index is 0.393. The molecule has 1 heterocycles. The first-order valence-corrected chi connectivity index (χ1v) is 7.61. The van der Waals surface area contributed by atoms with Crippen molar-refractivity contribution in [1.82, 2.24) is 10.2 Å². The Morgan fingerprint density at radius 1 is 1.18 bits per heavy atom. The lowest BCUT2D eigenvalue weighted by atomic mass is 9.88. The van der Waals surface area contributed by atoms with Crippen molar-refractivity contribution in [2.24, 2.45) is 11.8 Å². The zero-order valence-electron chi connectivity index (χ0n) is 12.1. The zero-order chi connectivity index (χ0) is 12.5. The standard InChI is InChI=1S/C15H30N2/c1-5-15(6-2)11-17(10-9-16-15)14-8-7-12(3)13(14)4/h12-14,16H,5-11H2,1-4H3. The van der Waals surface area contributed by atoms with E-state index in [1.165, 1.54) is 45.3 Å². The van der Waals surface area contributed by atoms with Crippen molar-refractivity contribution >= 4 is 0 Å². The van der Waals surface area contributed by atoms with Crippen molar-refractivity contribution in [1.29, 1.82) is 0 Å². The van der Waals surface area contributed by atoms with Crippen LogP contribution in [0, 0.1) is 11.8 Å². The van der Waals surface area contributed by atoms with Crippen LogP contribution in [0.15, 0.2) is 0 Å². The van der Waals surface area contributed by atoms with E-state index in [-0.39, 0.29) is 0 Å². The Labute approximate surface area is 107 Å². The molecular formula is C15H30N2. The van der Waals surface area contributed by atoms with E-state index in [2.05, 4.69) is 37.9 Å². The normalized spacial score (nSPS) is 38.5. The maximum absolute atomic E-state index is 3.77. The Morgan fingerprint density at radius 2 is 1.88 bits per heavy atom. The molecule has 1 aliphatic carbocycles. The number of hydrogen-bond acceptors (Lipinski definition) is 2. The first kappa shape index (κ1) is 13.4. The lowest BCUT2D eigenvalue weighted by molar-refractivity contribution is 0.0683. The molecule has 0 radical (unpaired) electrons. The highest BCUT2D eigenvalue weighted by atomic mass is 15.2. The fourth-order valence-electron chi connectivity index (χ4n) is 3.85. The van der Waals surface area contributed by atoms with Crippen LogP contribution in [-0.4, -0.2) is 36.1 Å². The summed E-state index contributed by atoms with van der Waals surface area (Å²) in [5, 5.41) is 3.77. The van der Waals surface area contributed by atoms with Crippen LogP contribution in [-0.2, 0) is 0 Å². The number of hydrogen-bond donors (Lipinski definition) is 1. The van der Waals surface area contributed by atoms with Gasteiger partial charge in [0.2, 0.25) is 0 Å². The number of piperazine rings is 1. The quantitative estimate of drug-likeness (QED) is 0.813. The molecule has 3 atom stereocenters. The van der Waals surface area contributed by atoms with Crippen molar-refractivity contribution in [2.75, 3.05) is 19.6 Å². The van der Waals surface area contributed by atoms with Gasteiger partial charge < -0.3 is 5.32 Å². The molecule has 3 unspecified atom stereocenters. The average Bonchev–Trinajstić information content (AvgIpc) is 2.70. The maximum atomic E-state index is 3.77. The van der Waals surface area contributed by atoms with Gasteiger partial charge in [-0.2, -0.15) is 0 Å². The number of nitrogens with one attached hydrogen (secondary N) is 1. The molecule has 2 rings (SSSR count). The molecule has 17 heavy (non-hydrogen) atoms. The molecule has 2 nitrogen and oxygen atoms in total. The van der Waals surface area contributed by atoms with Gasteiger partial charge in [0.05, 0.1) is 0 Å². The van der Waals surface area contributed by atoms with Crippen LogP contribution in [0.3, 0.4) is 0 Å². The van der Waals surface area contributed by atoms with Gasteiger partial charge in [-0.3, -0.25) is 4.90 Å². The zero-order valence-corrected chi connectivity index (χ0v) is 12.1. The van der Waals surface area contributed by atoms with E-state index < -0.39 is 0 Å². The molecule has 100 valence electrons. The molecule has 1 aliphatic heterocycles. The number of nitrogens with zero attached hydrogens (tertiary/aromatic N) is 1. The van der Waals surface area contributed by atoms with Gasteiger partial charge in [-0.15, -0.1) is 0 Å². The van der Waals surface area contributed by atoms with Gasteiger partial charge in [0.25, 0.3) is 0 Å². The summed E-state index contributed by atoms with van der Waals surface area (Å²) in [6.07, 6.45) is 5.38. The second-order valence-electron chi connectivity index (χ2n) is 6.37. The summed E-state index contributed by atoms with van der Waals surface area (Å²) in [7, 11) is 0. The first-order chi connectivity index (χ1) is 8.12. The minimum Gasteiger partial charge on any atom is -0.309 e. The molecular weight excluding hydrogens is 208 g/mol. The molecule has 1 N–H and O–H groups in total. The summed E-state index contributed by atoms with van der Waals surface area (Å²) in [6.45, 7) is 13.3. The second kappa shape index (κ2) is 5.27. The lowest BCUT2D eigenvalue weighted by Gasteiger charge is -2.46. The third-order valence-electron chi connectivity index (χ3n) is 5.65.